The van der Waals surface area contributed by atoms with Crippen LogP contribution in [0.25, 0.3) is 0 Å². The van der Waals surface area contributed by atoms with E-state index in [-0.39, 0.29) is 12.3 Å². The lowest BCUT2D eigenvalue weighted by Crippen LogP contribution is -2.51. The zero-order valence-electron chi connectivity index (χ0n) is 18.2. The summed E-state index contributed by atoms with van der Waals surface area (Å²) in [6, 6.07) is -0.459. The minimum Gasteiger partial charge on any atom is -0.469 e. The van der Waals surface area contributed by atoms with Crippen LogP contribution in [0.5, 0.6) is 0 Å². The third-order valence-corrected chi connectivity index (χ3v) is 4.52. The lowest BCUT2D eigenvalue weighted by Gasteiger charge is -2.36. The van der Waals surface area contributed by atoms with Gasteiger partial charge >= 0.3 is 12.1 Å². The molecule has 9 heteroatoms. The number of nitrogens with zero attached hydrogens (tertiary/aromatic N) is 2. The first-order valence-corrected chi connectivity index (χ1v) is 9.56. The summed E-state index contributed by atoms with van der Waals surface area (Å²) in [5, 5.41) is 11.2. The number of hydrogen-bond acceptors (Lipinski definition) is 7. The Bertz CT molecular complexity index is 583. The van der Waals surface area contributed by atoms with E-state index in [4.69, 9.17) is 14.2 Å². The Morgan fingerprint density at radius 3 is 2.29 bits per heavy atom. The van der Waals surface area contributed by atoms with E-state index in [9.17, 15) is 19.7 Å². The molecule has 0 saturated carbocycles. The second kappa shape index (κ2) is 9.07. The van der Waals surface area contributed by atoms with Crippen LogP contribution in [-0.4, -0.2) is 59.0 Å². The van der Waals surface area contributed by atoms with Gasteiger partial charge in [0.2, 0.25) is 6.54 Å². The molecule has 0 aromatic rings. The van der Waals surface area contributed by atoms with Crippen LogP contribution in [0.4, 0.5) is 4.79 Å². The third kappa shape index (κ3) is 6.61. The first-order valence-electron chi connectivity index (χ1n) is 9.56. The predicted octanol–water partition coefficient (Wildman–Crippen LogP) is 3.23. The molecule has 1 aliphatic rings. The standard InChI is InChI=1S/C19H34N2O7/c1-12(2)9-14-16(13(11-20(24)25)10-15(22)26-8)27-19(6,7)21(14)17(23)28-18(3,4)5/h12-14,16H,9-11H2,1-8H3/t13-,14-,16-/m0/s1. The highest BCUT2D eigenvalue weighted by Crippen LogP contribution is 2.40. The van der Waals surface area contributed by atoms with Crippen LogP contribution in [0.3, 0.4) is 0 Å². The minimum absolute atomic E-state index is 0.158. The van der Waals surface area contributed by atoms with Crippen LogP contribution in [0, 0.1) is 22.0 Å². The second-order valence-corrected chi connectivity index (χ2v) is 9.13. The van der Waals surface area contributed by atoms with E-state index in [1.54, 1.807) is 34.6 Å². The summed E-state index contributed by atoms with van der Waals surface area (Å²) in [4.78, 5) is 37.1. The molecule has 1 fully saturated rings. The monoisotopic (exact) mass is 402 g/mol. The zero-order chi connectivity index (χ0) is 21.9. The van der Waals surface area contributed by atoms with Crippen molar-refractivity contribution >= 4 is 12.1 Å². The summed E-state index contributed by atoms with van der Waals surface area (Å²) in [7, 11) is 1.24. The Morgan fingerprint density at radius 1 is 1.29 bits per heavy atom. The molecule has 162 valence electrons. The molecule has 1 heterocycles. The normalized spacial score (nSPS) is 22.8. The Kier molecular flexibility index (Phi) is 7.82. The van der Waals surface area contributed by atoms with Gasteiger partial charge in [0, 0.05) is 4.92 Å². The van der Waals surface area contributed by atoms with E-state index in [1.165, 1.54) is 12.0 Å². The van der Waals surface area contributed by atoms with Gasteiger partial charge in [0.1, 0.15) is 11.3 Å². The summed E-state index contributed by atoms with van der Waals surface area (Å²) in [5.41, 5.74) is -1.72. The quantitative estimate of drug-likeness (QED) is 0.365. The van der Waals surface area contributed by atoms with Gasteiger partial charge in [-0.05, 0) is 47.0 Å². The predicted molar refractivity (Wildman–Crippen MR) is 102 cm³/mol. The number of ether oxygens (including phenoxy) is 3. The first kappa shape index (κ1) is 24.1. The molecule has 1 saturated heterocycles. The van der Waals surface area contributed by atoms with E-state index in [2.05, 4.69) is 0 Å². The third-order valence-electron chi connectivity index (χ3n) is 4.52. The summed E-state index contributed by atoms with van der Waals surface area (Å²) < 4.78 is 16.4. The number of amides is 1. The topological polar surface area (TPSA) is 108 Å². The molecule has 0 unspecified atom stereocenters. The van der Waals surface area contributed by atoms with Gasteiger partial charge in [-0.15, -0.1) is 0 Å². The Balaban J connectivity index is 3.29. The van der Waals surface area contributed by atoms with Crippen molar-refractivity contribution in [1.82, 2.24) is 4.90 Å². The molecule has 3 atom stereocenters. The van der Waals surface area contributed by atoms with Crippen molar-refractivity contribution in [2.75, 3.05) is 13.7 Å². The fourth-order valence-corrected chi connectivity index (χ4v) is 3.59. The lowest BCUT2D eigenvalue weighted by atomic mass is 9.88. The summed E-state index contributed by atoms with van der Waals surface area (Å²) >= 11 is 0. The number of carbonyl (C=O) groups excluding carboxylic acids is 2. The van der Waals surface area contributed by atoms with Crippen LogP contribution in [0.1, 0.15) is 61.3 Å². The van der Waals surface area contributed by atoms with Crippen molar-refractivity contribution in [3.8, 4) is 0 Å². The van der Waals surface area contributed by atoms with E-state index >= 15 is 0 Å². The summed E-state index contributed by atoms with van der Waals surface area (Å²) in [6.07, 6.45) is -0.824. The highest BCUT2D eigenvalue weighted by molar-refractivity contribution is 5.71. The molecule has 9 nitrogen and oxygen atoms in total. The van der Waals surface area contributed by atoms with Crippen LogP contribution >= 0.6 is 0 Å². The van der Waals surface area contributed by atoms with Gasteiger partial charge in [0.05, 0.1) is 31.6 Å². The van der Waals surface area contributed by atoms with E-state index in [0.29, 0.717) is 6.42 Å². The Hall–Kier alpha value is -1.90. The molecule has 0 aromatic carbocycles. The van der Waals surface area contributed by atoms with E-state index < -0.39 is 52.9 Å². The van der Waals surface area contributed by atoms with Crippen molar-refractivity contribution in [3.63, 3.8) is 0 Å². The maximum atomic E-state index is 12.9. The molecular weight excluding hydrogens is 368 g/mol. The molecule has 28 heavy (non-hydrogen) atoms. The molecule has 0 aromatic heterocycles. The lowest BCUT2D eigenvalue weighted by molar-refractivity contribution is -0.490. The van der Waals surface area contributed by atoms with Crippen LogP contribution in [0.15, 0.2) is 0 Å². The van der Waals surface area contributed by atoms with Crippen molar-refractivity contribution in [1.29, 1.82) is 0 Å². The number of nitro groups is 1. The highest BCUT2D eigenvalue weighted by atomic mass is 16.6. The molecule has 0 bridgehead atoms. The molecule has 0 radical (unpaired) electrons. The molecular formula is C19H34N2O7. The molecule has 0 N–H and O–H groups in total. The van der Waals surface area contributed by atoms with Crippen LogP contribution in [0.2, 0.25) is 0 Å². The zero-order valence-corrected chi connectivity index (χ0v) is 18.2. The largest absolute Gasteiger partial charge is 0.469 e. The van der Waals surface area contributed by atoms with Gasteiger partial charge in [0.25, 0.3) is 0 Å². The van der Waals surface area contributed by atoms with Gasteiger partial charge in [-0.3, -0.25) is 19.8 Å². The highest BCUT2D eigenvalue weighted by Gasteiger charge is 2.54. The number of carbonyl (C=O) groups is 2. The first-order chi connectivity index (χ1) is 12.7. The summed E-state index contributed by atoms with van der Waals surface area (Å²) in [6.45, 7) is 12.3. The van der Waals surface area contributed by atoms with Crippen molar-refractivity contribution in [3.05, 3.63) is 10.1 Å². The smallest absolute Gasteiger partial charge is 0.412 e. The second-order valence-electron chi connectivity index (χ2n) is 9.13. The van der Waals surface area contributed by atoms with Gasteiger partial charge < -0.3 is 14.2 Å². The van der Waals surface area contributed by atoms with E-state index in [1.807, 2.05) is 13.8 Å². The van der Waals surface area contributed by atoms with Crippen molar-refractivity contribution in [2.24, 2.45) is 11.8 Å². The minimum atomic E-state index is -1.03. The number of hydrogen-bond donors (Lipinski definition) is 0. The number of rotatable bonds is 7. The average molecular weight is 402 g/mol. The SMILES string of the molecule is COC(=O)C[C@@H](C[N+](=O)[O-])[C@@H]1OC(C)(C)N(C(=O)OC(C)(C)C)[C@H]1CC(C)C. The Labute approximate surface area is 166 Å². The van der Waals surface area contributed by atoms with Gasteiger partial charge in [-0.25, -0.2) is 4.79 Å². The molecule has 1 aliphatic heterocycles. The average Bonchev–Trinajstić information content (AvgIpc) is 2.74. The van der Waals surface area contributed by atoms with Gasteiger partial charge in [-0.1, -0.05) is 13.8 Å². The van der Waals surface area contributed by atoms with Crippen molar-refractivity contribution < 1.29 is 28.7 Å². The fourth-order valence-electron chi connectivity index (χ4n) is 3.59. The van der Waals surface area contributed by atoms with Crippen LogP contribution < -0.4 is 0 Å². The van der Waals surface area contributed by atoms with Crippen LogP contribution in [-0.2, 0) is 19.0 Å². The van der Waals surface area contributed by atoms with Gasteiger partial charge in [-0.2, -0.15) is 0 Å². The maximum Gasteiger partial charge on any atom is 0.412 e. The fraction of sp³-hybridized carbons (Fsp3) is 0.895. The van der Waals surface area contributed by atoms with Gasteiger partial charge in [0.15, 0.2) is 0 Å². The number of esters is 1. The molecule has 0 spiro atoms. The maximum absolute atomic E-state index is 12.9. The Morgan fingerprint density at radius 2 is 1.86 bits per heavy atom. The van der Waals surface area contributed by atoms with E-state index in [0.717, 1.165) is 0 Å². The molecule has 1 amide bonds. The van der Waals surface area contributed by atoms with Crippen molar-refractivity contribution in [2.45, 2.75) is 84.8 Å². The molecule has 0 aliphatic carbocycles. The molecule has 1 rings (SSSR count). The number of methoxy groups -OCH3 is 1. The summed E-state index contributed by atoms with van der Waals surface area (Å²) in [5.74, 6) is -1.07.